The van der Waals surface area contributed by atoms with Crippen molar-refractivity contribution < 1.29 is 9.84 Å². The average molecular weight is 217 g/mol. The van der Waals surface area contributed by atoms with E-state index in [1.165, 1.54) is 0 Å². The lowest BCUT2D eigenvalue weighted by atomic mass is 10.1. The molecule has 0 aliphatic rings. The second kappa shape index (κ2) is 10.4. The van der Waals surface area contributed by atoms with Gasteiger partial charge in [0.1, 0.15) is 0 Å². The zero-order valence-corrected chi connectivity index (χ0v) is 10.5. The molecule has 0 rings (SSSR count). The van der Waals surface area contributed by atoms with Gasteiger partial charge in [-0.25, -0.2) is 0 Å². The molecule has 0 aromatic carbocycles. The Balaban J connectivity index is 3.21. The first-order chi connectivity index (χ1) is 7.20. The van der Waals surface area contributed by atoms with Gasteiger partial charge in [-0.1, -0.05) is 20.8 Å². The number of ether oxygens (including phenoxy) is 1. The second-order valence-corrected chi connectivity index (χ2v) is 4.37. The van der Waals surface area contributed by atoms with Crippen molar-refractivity contribution in [1.29, 1.82) is 0 Å². The third-order valence-corrected chi connectivity index (χ3v) is 2.49. The third kappa shape index (κ3) is 10.2. The fourth-order valence-corrected chi connectivity index (χ4v) is 1.36. The lowest BCUT2D eigenvalue weighted by Gasteiger charge is -2.15. The van der Waals surface area contributed by atoms with Crippen molar-refractivity contribution in [2.24, 2.45) is 5.92 Å². The first kappa shape index (κ1) is 14.9. The van der Waals surface area contributed by atoms with Gasteiger partial charge in [0.25, 0.3) is 0 Å². The summed E-state index contributed by atoms with van der Waals surface area (Å²) in [6, 6.07) is 0.434. The molecule has 1 unspecified atom stereocenters. The van der Waals surface area contributed by atoms with Crippen LogP contribution in [-0.4, -0.2) is 37.5 Å². The van der Waals surface area contributed by atoms with E-state index in [2.05, 4.69) is 26.1 Å². The first-order valence-electron chi connectivity index (χ1n) is 6.12. The molecule has 15 heavy (non-hydrogen) atoms. The van der Waals surface area contributed by atoms with Crippen molar-refractivity contribution in [1.82, 2.24) is 5.32 Å². The highest BCUT2D eigenvalue weighted by Crippen LogP contribution is 1.99. The number of nitrogens with one attached hydrogen (secondary N) is 1. The molecular formula is C12H27NO2. The molecule has 0 fully saturated rings. The van der Waals surface area contributed by atoms with Gasteiger partial charge in [0.15, 0.2) is 0 Å². The van der Waals surface area contributed by atoms with E-state index in [0.29, 0.717) is 6.04 Å². The molecule has 0 spiro atoms. The quantitative estimate of drug-likeness (QED) is 0.548. The summed E-state index contributed by atoms with van der Waals surface area (Å²) in [7, 11) is 0. The van der Waals surface area contributed by atoms with E-state index in [4.69, 9.17) is 9.84 Å². The third-order valence-electron chi connectivity index (χ3n) is 2.49. The van der Waals surface area contributed by atoms with Gasteiger partial charge in [-0.15, -0.1) is 0 Å². The van der Waals surface area contributed by atoms with Crippen molar-refractivity contribution in [2.75, 3.05) is 26.4 Å². The minimum atomic E-state index is 0.264. The molecule has 0 bridgehead atoms. The van der Waals surface area contributed by atoms with E-state index < -0.39 is 0 Å². The maximum Gasteiger partial charge on any atom is 0.0591 e. The summed E-state index contributed by atoms with van der Waals surface area (Å²) >= 11 is 0. The first-order valence-corrected chi connectivity index (χ1v) is 6.12. The Labute approximate surface area is 94.2 Å². The molecule has 0 heterocycles. The normalized spacial score (nSPS) is 13.4. The average Bonchev–Trinajstić information content (AvgIpc) is 2.21. The zero-order valence-electron chi connectivity index (χ0n) is 10.5. The Bertz CT molecular complexity index is 129. The molecule has 0 saturated heterocycles. The van der Waals surface area contributed by atoms with Gasteiger partial charge in [-0.05, 0) is 25.2 Å². The summed E-state index contributed by atoms with van der Waals surface area (Å²) in [4.78, 5) is 0. The summed E-state index contributed by atoms with van der Waals surface area (Å²) in [5.41, 5.74) is 0. The van der Waals surface area contributed by atoms with Gasteiger partial charge >= 0.3 is 0 Å². The molecule has 2 N–H and O–H groups in total. The largest absolute Gasteiger partial charge is 0.396 e. The second-order valence-electron chi connectivity index (χ2n) is 4.37. The molecule has 0 aliphatic carbocycles. The van der Waals surface area contributed by atoms with Gasteiger partial charge < -0.3 is 15.2 Å². The molecule has 3 heteroatoms. The van der Waals surface area contributed by atoms with Crippen LogP contribution in [0.3, 0.4) is 0 Å². The lowest BCUT2D eigenvalue weighted by Crippen LogP contribution is -2.32. The minimum absolute atomic E-state index is 0.264. The number of rotatable bonds is 10. The predicted molar refractivity (Wildman–Crippen MR) is 64.1 cm³/mol. The standard InChI is InChI=1S/C12H27NO2/c1-4-12(5-8-14)13-7-10-15-9-6-11(2)3/h11-14H,4-10H2,1-3H3. The van der Waals surface area contributed by atoms with E-state index in [1.54, 1.807) is 0 Å². The molecule has 0 radical (unpaired) electrons. The summed E-state index contributed by atoms with van der Waals surface area (Å²) in [6.07, 6.45) is 3.03. The van der Waals surface area contributed by atoms with Crippen LogP contribution in [0.15, 0.2) is 0 Å². The van der Waals surface area contributed by atoms with Crippen molar-refractivity contribution >= 4 is 0 Å². The molecule has 0 saturated carbocycles. The zero-order chi connectivity index (χ0) is 11.5. The molecular weight excluding hydrogens is 190 g/mol. The Morgan fingerprint density at radius 1 is 1.20 bits per heavy atom. The maximum absolute atomic E-state index is 8.80. The predicted octanol–water partition coefficient (Wildman–Crippen LogP) is 1.80. The summed E-state index contributed by atoms with van der Waals surface area (Å²) in [5, 5.41) is 12.2. The number of aliphatic hydroxyl groups excluding tert-OH is 1. The van der Waals surface area contributed by atoms with Crippen LogP contribution in [0, 0.1) is 5.92 Å². The number of hydrogen-bond donors (Lipinski definition) is 2. The summed E-state index contributed by atoms with van der Waals surface area (Å²) in [5.74, 6) is 0.718. The van der Waals surface area contributed by atoms with Crippen LogP contribution in [0.1, 0.15) is 40.0 Å². The Morgan fingerprint density at radius 2 is 1.93 bits per heavy atom. The monoisotopic (exact) mass is 217 g/mol. The smallest absolute Gasteiger partial charge is 0.0591 e. The van der Waals surface area contributed by atoms with Crippen LogP contribution in [0.25, 0.3) is 0 Å². The van der Waals surface area contributed by atoms with Gasteiger partial charge in [0, 0.05) is 25.8 Å². The van der Waals surface area contributed by atoms with Crippen LogP contribution in [0.5, 0.6) is 0 Å². The Kier molecular flexibility index (Phi) is 10.3. The molecule has 0 aromatic rings. The van der Waals surface area contributed by atoms with Gasteiger partial charge in [-0.2, -0.15) is 0 Å². The van der Waals surface area contributed by atoms with E-state index >= 15 is 0 Å². The molecule has 3 nitrogen and oxygen atoms in total. The fraction of sp³-hybridized carbons (Fsp3) is 1.00. The van der Waals surface area contributed by atoms with Crippen LogP contribution >= 0.6 is 0 Å². The highest BCUT2D eigenvalue weighted by atomic mass is 16.5. The lowest BCUT2D eigenvalue weighted by molar-refractivity contribution is 0.122. The summed E-state index contributed by atoms with van der Waals surface area (Å²) < 4.78 is 5.49. The van der Waals surface area contributed by atoms with E-state index in [9.17, 15) is 0 Å². The highest BCUT2D eigenvalue weighted by molar-refractivity contribution is 4.63. The topological polar surface area (TPSA) is 41.5 Å². The van der Waals surface area contributed by atoms with Crippen LogP contribution in [0.2, 0.25) is 0 Å². The van der Waals surface area contributed by atoms with E-state index in [0.717, 1.165) is 44.9 Å². The fourth-order valence-electron chi connectivity index (χ4n) is 1.36. The SMILES string of the molecule is CCC(CCO)NCCOCCC(C)C. The number of aliphatic hydroxyl groups is 1. The number of hydrogen-bond acceptors (Lipinski definition) is 3. The van der Waals surface area contributed by atoms with Gasteiger partial charge in [0.05, 0.1) is 6.61 Å². The highest BCUT2D eigenvalue weighted by Gasteiger charge is 2.03. The van der Waals surface area contributed by atoms with Crippen molar-refractivity contribution in [2.45, 2.75) is 46.1 Å². The molecule has 0 amide bonds. The van der Waals surface area contributed by atoms with E-state index in [1.807, 2.05) is 0 Å². The minimum Gasteiger partial charge on any atom is -0.396 e. The van der Waals surface area contributed by atoms with Crippen molar-refractivity contribution in [3.63, 3.8) is 0 Å². The maximum atomic E-state index is 8.80. The van der Waals surface area contributed by atoms with Crippen LogP contribution < -0.4 is 5.32 Å². The van der Waals surface area contributed by atoms with Gasteiger partial charge in [0.2, 0.25) is 0 Å². The van der Waals surface area contributed by atoms with Crippen molar-refractivity contribution in [3.8, 4) is 0 Å². The van der Waals surface area contributed by atoms with Crippen LogP contribution in [0.4, 0.5) is 0 Å². The van der Waals surface area contributed by atoms with Crippen LogP contribution in [-0.2, 0) is 4.74 Å². The molecule has 1 atom stereocenters. The van der Waals surface area contributed by atoms with Gasteiger partial charge in [-0.3, -0.25) is 0 Å². The Hall–Kier alpha value is -0.120. The molecule has 0 aromatic heterocycles. The molecule has 92 valence electrons. The van der Waals surface area contributed by atoms with E-state index in [-0.39, 0.29) is 6.61 Å². The molecule has 0 aliphatic heterocycles. The van der Waals surface area contributed by atoms with Crippen molar-refractivity contribution in [3.05, 3.63) is 0 Å². The Morgan fingerprint density at radius 3 is 2.47 bits per heavy atom. The summed E-state index contributed by atoms with van der Waals surface area (Å²) in [6.45, 7) is 9.32.